The van der Waals surface area contributed by atoms with Crippen LogP contribution in [0.1, 0.15) is 23.1 Å². The Balaban J connectivity index is 1.42. The van der Waals surface area contributed by atoms with Gasteiger partial charge < -0.3 is 14.8 Å². The van der Waals surface area contributed by atoms with Crippen LogP contribution in [0.2, 0.25) is 0 Å². The molecule has 1 unspecified atom stereocenters. The molecule has 6 nitrogen and oxygen atoms in total. The maximum Gasteiger partial charge on any atom is 0.325 e. The summed E-state index contributed by atoms with van der Waals surface area (Å²) >= 11 is 3.53. The zero-order valence-corrected chi connectivity index (χ0v) is 16.8. The number of aryl methyl sites for hydroxylation is 1. The zero-order chi connectivity index (χ0) is 19.3. The number of benzene rings is 2. The van der Waals surface area contributed by atoms with E-state index in [1.165, 1.54) is 10.5 Å². The van der Waals surface area contributed by atoms with Gasteiger partial charge in [0.25, 0.3) is 5.91 Å². The lowest BCUT2D eigenvalue weighted by molar-refractivity contribution is -0.132. The molecule has 1 N–H and O–H groups in total. The quantitative estimate of drug-likeness (QED) is 0.725. The van der Waals surface area contributed by atoms with Crippen molar-refractivity contribution in [2.75, 3.05) is 13.2 Å². The molecule has 2 heterocycles. The molecule has 3 aliphatic rings. The van der Waals surface area contributed by atoms with Crippen LogP contribution in [0.15, 0.2) is 40.9 Å². The Kier molecular flexibility index (Phi) is 4.08. The van der Waals surface area contributed by atoms with Gasteiger partial charge in [0.1, 0.15) is 18.8 Å². The normalized spacial score (nSPS) is 23.0. The molecule has 2 aromatic rings. The number of rotatable bonds is 2. The van der Waals surface area contributed by atoms with Crippen LogP contribution in [0.3, 0.4) is 0 Å². The molecule has 0 aromatic heterocycles. The molecular weight excluding hydrogens is 424 g/mol. The van der Waals surface area contributed by atoms with E-state index in [0.717, 1.165) is 22.0 Å². The van der Waals surface area contributed by atoms with Crippen LogP contribution in [0.25, 0.3) is 0 Å². The first-order chi connectivity index (χ1) is 13.6. The number of nitrogens with zero attached hydrogens (tertiary/aromatic N) is 1. The van der Waals surface area contributed by atoms with Crippen molar-refractivity contribution in [2.45, 2.75) is 31.3 Å². The molecule has 2 aliphatic heterocycles. The predicted octanol–water partition coefficient (Wildman–Crippen LogP) is 3.20. The van der Waals surface area contributed by atoms with Crippen molar-refractivity contribution in [3.63, 3.8) is 0 Å². The smallest absolute Gasteiger partial charge is 0.325 e. The van der Waals surface area contributed by atoms with Gasteiger partial charge in [0.05, 0.1) is 6.54 Å². The average molecular weight is 443 g/mol. The highest BCUT2D eigenvalue weighted by Crippen LogP contribution is 2.38. The van der Waals surface area contributed by atoms with Gasteiger partial charge in [-0.25, -0.2) is 4.79 Å². The fourth-order valence-electron chi connectivity index (χ4n) is 4.24. The predicted molar refractivity (Wildman–Crippen MR) is 105 cm³/mol. The van der Waals surface area contributed by atoms with Gasteiger partial charge in [-0.05, 0) is 41.7 Å². The van der Waals surface area contributed by atoms with Crippen LogP contribution in [-0.4, -0.2) is 35.6 Å². The fraction of sp³-hybridized carbons (Fsp3) is 0.333. The van der Waals surface area contributed by atoms with Gasteiger partial charge in [0.15, 0.2) is 11.5 Å². The molecule has 7 heteroatoms. The molecule has 5 rings (SSSR count). The van der Waals surface area contributed by atoms with E-state index < -0.39 is 5.54 Å². The van der Waals surface area contributed by atoms with Gasteiger partial charge in [0, 0.05) is 10.9 Å². The van der Waals surface area contributed by atoms with E-state index in [-0.39, 0.29) is 18.5 Å². The minimum Gasteiger partial charge on any atom is -0.486 e. The lowest BCUT2D eigenvalue weighted by Crippen LogP contribution is -2.51. The molecule has 0 radical (unpaired) electrons. The Morgan fingerprint density at radius 2 is 1.79 bits per heavy atom. The van der Waals surface area contributed by atoms with Crippen LogP contribution >= 0.6 is 15.9 Å². The maximum atomic E-state index is 13.3. The summed E-state index contributed by atoms with van der Waals surface area (Å²) < 4.78 is 12.0. The molecule has 1 saturated heterocycles. The van der Waals surface area contributed by atoms with Crippen molar-refractivity contribution in [2.24, 2.45) is 0 Å². The molecule has 28 heavy (non-hydrogen) atoms. The zero-order valence-electron chi connectivity index (χ0n) is 15.2. The molecule has 0 bridgehead atoms. The number of fused-ring (bicyclic) bond motifs is 2. The Labute approximate surface area is 170 Å². The largest absolute Gasteiger partial charge is 0.486 e. The summed E-state index contributed by atoms with van der Waals surface area (Å²) in [6, 6.07) is 11.4. The molecule has 144 valence electrons. The number of imide groups is 1. The second kappa shape index (κ2) is 6.51. The van der Waals surface area contributed by atoms with Crippen molar-refractivity contribution in [3.8, 4) is 11.5 Å². The van der Waals surface area contributed by atoms with E-state index in [2.05, 4.69) is 27.3 Å². The van der Waals surface area contributed by atoms with Crippen molar-refractivity contribution < 1.29 is 19.1 Å². The number of carbonyl (C=O) groups is 2. The second-order valence-electron chi connectivity index (χ2n) is 7.44. The number of carbonyl (C=O) groups excluding carboxylic acids is 2. The van der Waals surface area contributed by atoms with E-state index in [1.54, 1.807) is 0 Å². The summed E-state index contributed by atoms with van der Waals surface area (Å²) in [7, 11) is 0. The van der Waals surface area contributed by atoms with Crippen LogP contribution in [-0.2, 0) is 24.2 Å². The Morgan fingerprint density at radius 1 is 1.07 bits per heavy atom. The standard InChI is InChI=1S/C21H19BrN2O4/c22-16-10-18-17(27-7-8-28-18)9-15(16)12-24-19(25)21(23-20(24)26)6-5-13-3-1-2-4-14(13)11-21/h1-4,9-10H,5-8,11-12H2,(H,23,26). The van der Waals surface area contributed by atoms with E-state index in [1.807, 2.05) is 30.3 Å². The van der Waals surface area contributed by atoms with Gasteiger partial charge in [-0.15, -0.1) is 0 Å². The third-order valence-electron chi connectivity index (χ3n) is 5.72. The molecule has 1 aliphatic carbocycles. The Morgan fingerprint density at radius 3 is 2.57 bits per heavy atom. The van der Waals surface area contributed by atoms with Crippen LogP contribution in [0, 0.1) is 0 Å². The van der Waals surface area contributed by atoms with Crippen molar-refractivity contribution >= 4 is 27.9 Å². The highest BCUT2D eigenvalue weighted by molar-refractivity contribution is 9.10. The van der Waals surface area contributed by atoms with Crippen LogP contribution in [0.4, 0.5) is 4.79 Å². The molecule has 2 aromatic carbocycles. The third-order valence-corrected chi connectivity index (χ3v) is 6.46. The van der Waals surface area contributed by atoms with E-state index in [9.17, 15) is 9.59 Å². The van der Waals surface area contributed by atoms with E-state index in [4.69, 9.17) is 9.47 Å². The van der Waals surface area contributed by atoms with Gasteiger partial charge in [-0.2, -0.15) is 0 Å². The lowest BCUT2D eigenvalue weighted by Gasteiger charge is -2.32. The molecule has 1 fully saturated rings. The topological polar surface area (TPSA) is 67.9 Å². The number of urea groups is 1. The first-order valence-electron chi connectivity index (χ1n) is 9.35. The third kappa shape index (κ3) is 2.76. The van der Waals surface area contributed by atoms with Crippen LogP contribution in [0.5, 0.6) is 11.5 Å². The SMILES string of the molecule is O=C1NC2(CCc3ccccc3C2)C(=O)N1Cc1cc2c(cc1Br)OCCO2. The highest BCUT2D eigenvalue weighted by atomic mass is 79.9. The monoisotopic (exact) mass is 442 g/mol. The average Bonchev–Trinajstić information content (AvgIpc) is 2.92. The van der Waals surface area contributed by atoms with Gasteiger partial charge in [-0.1, -0.05) is 40.2 Å². The van der Waals surface area contributed by atoms with E-state index in [0.29, 0.717) is 37.6 Å². The van der Waals surface area contributed by atoms with Gasteiger partial charge in [0.2, 0.25) is 0 Å². The molecule has 1 spiro atoms. The van der Waals surface area contributed by atoms with E-state index >= 15 is 0 Å². The molecule has 0 saturated carbocycles. The Bertz CT molecular complexity index is 992. The molecular formula is C21H19BrN2O4. The first-order valence-corrected chi connectivity index (χ1v) is 10.1. The number of halogens is 1. The fourth-order valence-corrected chi connectivity index (χ4v) is 4.69. The van der Waals surface area contributed by atoms with Crippen LogP contribution < -0.4 is 14.8 Å². The van der Waals surface area contributed by atoms with Gasteiger partial charge >= 0.3 is 6.03 Å². The summed E-state index contributed by atoms with van der Waals surface area (Å²) in [5.74, 6) is 1.14. The number of nitrogens with one attached hydrogen (secondary N) is 1. The molecule has 3 amide bonds. The first kappa shape index (κ1) is 17.6. The molecule has 1 atom stereocenters. The number of hydrogen-bond acceptors (Lipinski definition) is 4. The van der Waals surface area contributed by atoms with Crippen molar-refractivity contribution in [1.82, 2.24) is 10.2 Å². The number of ether oxygens (including phenoxy) is 2. The lowest BCUT2D eigenvalue weighted by atomic mass is 9.78. The number of hydrogen-bond donors (Lipinski definition) is 1. The summed E-state index contributed by atoms with van der Waals surface area (Å²) in [6.45, 7) is 1.18. The summed E-state index contributed by atoms with van der Waals surface area (Å²) in [5, 5.41) is 2.98. The summed E-state index contributed by atoms with van der Waals surface area (Å²) in [6.07, 6.45) is 1.93. The Hall–Kier alpha value is -2.54. The van der Waals surface area contributed by atoms with Crippen molar-refractivity contribution in [1.29, 1.82) is 0 Å². The summed E-state index contributed by atoms with van der Waals surface area (Å²) in [5.41, 5.74) is 2.35. The highest BCUT2D eigenvalue weighted by Gasteiger charge is 2.52. The summed E-state index contributed by atoms with van der Waals surface area (Å²) in [4.78, 5) is 27.3. The number of amides is 3. The maximum absolute atomic E-state index is 13.3. The minimum absolute atomic E-state index is 0.159. The van der Waals surface area contributed by atoms with Crippen molar-refractivity contribution in [3.05, 3.63) is 57.6 Å². The second-order valence-corrected chi connectivity index (χ2v) is 8.29. The minimum atomic E-state index is -0.842. The van der Waals surface area contributed by atoms with Gasteiger partial charge in [-0.3, -0.25) is 9.69 Å².